The van der Waals surface area contributed by atoms with Crippen molar-refractivity contribution in [2.45, 2.75) is 17.3 Å². The largest absolute Gasteiger partial charge is 0.326 e. The third-order valence-electron chi connectivity index (χ3n) is 3.45. The normalized spacial score (nSPS) is 10.7. The van der Waals surface area contributed by atoms with Crippen LogP contribution in [0.4, 0.5) is 5.69 Å². The topological polar surface area (TPSA) is 85.6 Å². The third kappa shape index (κ3) is 5.06. The molecule has 0 unspecified atom stereocenters. The summed E-state index contributed by atoms with van der Waals surface area (Å²) in [6.45, 7) is 0. The van der Waals surface area contributed by atoms with E-state index < -0.39 is 0 Å². The lowest BCUT2D eigenvalue weighted by Crippen LogP contribution is -2.12. The van der Waals surface area contributed by atoms with Crippen molar-refractivity contribution in [2.24, 2.45) is 0 Å². The molecule has 0 fully saturated rings. The number of nitrogens with zero attached hydrogens (tertiary/aromatic N) is 5. The van der Waals surface area contributed by atoms with Gasteiger partial charge in [-0.3, -0.25) is 9.78 Å². The average molecular weight is 387 g/mol. The number of hydrogen-bond donors (Lipinski definition) is 1. The van der Waals surface area contributed by atoms with Crippen molar-refractivity contribution in [3.05, 3.63) is 54.4 Å². The molecule has 0 saturated carbocycles. The first-order chi connectivity index (χ1) is 12.8. The fourth-order valence-electron chi connectivity index (χ4n) is 2.23. The highest BCUT2D eigenvalue weighted by Gasteiger charge is 2.09. The maximum absolute atomic E-state index is 12.2. The summed E-state index contributed by atoms with van der Waals surface area (Å²) in [5.74, 6) is 1.53. The molecule has 1 aromatic carbocycles. The van der Waals surface area contributed by atoms with Crippen LogP contribution < -0.4 is 5.32 Å². The molecule has 0 saturated heterocycles. The van der Waals surface area contributed by atoms with E-state index in [0.717, 1.165) is 28.6 Å². The van der Waals surface area contributed by atoms with E-state index in [1.54, 1.807) is 22.6 Å². The summed E-state index contributed by atoms with van der Waals surface area (Å²) in [4.78, 5) is 16.4. The molecule has 9 heteroatoms. The third-order valence-corrected chi connectivity index (χ3v) is 5.06. The van der Waals surface area contributed by atoms with E-state index in [1.165, 1.54) is 11.8 Å². The van der Waals surface area contributed by atoms with Gasteiger partial charge in [0.15, 0.2) is 0 Å². The molecule has 3 rings (SSSR count). The van der Waals surface area contributed by atoms with E-state index >= 15 is 0 Å². The van der Waals surface area contributed by atoms with Crippen LogP contribution in [0.5, 0.6) is 0 Å². The van der Waals surface area contributed by atoms with Gasteiger partial charge in [-0.2, -0.15) is 16.4 Å². The maximum atomic E-state index is 12.2. The van der Waals surface area contributed by atoms with Crippen molar-refractivity contribution in [3.8, 4) is 5.69 Å². The van der Waals surface area contributed by atoms with Crippen LogP contribution >= 0.6 is 23.5 Å². The van der Waals surface area contributed by atoms with E-state index in [9.17, 15) is 4.79 Å². The number of aromatic nitrogens is 5. The van der Waals surface area contributed by atoms with Crippen LogP contribution in [0.3, 0.4) is 0 Å². The molecule has 3 aromatic rings. The number of hydrogen-bond acceptors (Lipinski definition) is 7. The van der Waals surface area contributed by atoms with Crippen LogP contribution in [0.2, 0.25) is 0 Å². The Bertz CT molecular complexity index is 855. The highest BCUT2D eigenvalue weighted by molar-refractivity contribution is 7.98. The van der Waals surface area contributed by atoms with E-state index in [0.29, 0.717) is 11.6 Å². The van der Waals surface area contributed by atoms with Crippen molar-refractivity contribution in [1.82, 2.24) is 25.2 Å². The lowest BCUT2D eigenvalue weighted by Gasteiger charge is -2.08. The molecular formula is C17H18N6OS2. The molecule has 1 amide bonds. The smallest absolute Gasteiger partial charge is 0.225 e. The summed E-state index contributed by atoms with van der Waals surface area (Å²) in [5.41, 5.74) is 2.56. The zero-order chi connectivity index (χ0) is 18.2. The summed E-state index contributed by atoms with van der Waals surface area (Å²) in [6, 6.07) is 13.3. The molecule has 0 spiro atoms. The molecule has 26 heavy (non-hydrogen) atoms. The molecule has 7 nitrogen and oxygen atoms in total. The first-order valence-electron chi connectivity index (χ1n) is 7.96. The summed E-state index contributed by atoms with van der Waals surface area (Å²) in [7, 11) is 0. The molecule has 2 aromatic heterocycles. The van der Waals surface area contributed by atoms with Crippen molar-refractivity contribution in [2.75, 3.05) is 17.3 Å². The maximum Gasteiger partial charge on any atom is 0.225 e. The number of pyridine rings is 1. The predicted molar refractivity (Wildman–Crippen MR) is 105 cm³/mol. The lowest BCUT2D eigenvalue weighted by molar-refractivity contribution is -0.115. The highest BCUT2D eigenvalue weighted by Crippen LogP contribution is 2.19. The number of carbonyl (C=O) groups is 1. The van der Waals surface area contributed by atoms with Gasteiger partial charge in [0.1, 0.15) is 0 Å². The van der Waals surface area contributed by atoms with Crippen molar-refractivity contribution in [3.63, 3.8) is 0 Å². The molecular weight excluding hydrogens is 368 g/mol. The summed E-state index contributed by atoms with van der Waals surface area (Å²) >= 11 is 3.15. The number of carbonyl (C=O) groups excluding carboxylic acids is 1. The standard InChI is InChI=1S/C17H18N6OS2/c1-25-17-20-21-22-23(17)15-7-4-6-13(11-15)19-16(24)8-10-26-12-14-5-2-3-9-18-14/h2-7,9,11H,8,10,12H2,1H3,(H,19,24). The van der Waals surface area contributed by atoms with E-state index in [4.69, 9.17) is 0 Å². The molecule has 0 aliphatic heterocycles. The zero-order valence-electron chi connectivity index (χ0n) is 14.2. The second-order valence-electron chi connectivity index (χ2n) is 5.30. The summed E-state index contributed by atoms with van der Waals surface area (Å²) < 4.78 is 1.64. The van der Waals surface area contributed by atoms with Crippen LogP contribution in [-0.4, -0.2) is 43.1 Å². The van der Waals surface area contributed by atoms with Crippen LogP contribution in [0.1, 0.15) is 12.1 Å². The van der Waals surface area contributed by atoms with Gasteiger partial charge in [-0.15, -0.1) is 5.10 Å². The fraction of sp³-hybridized carbons (Fsp3) is 0.235. The number of rotatable bonds is 8. The first-order valence-corrected chi connectivity index (χ1v) is 10.3. The lowest BCUT2D eigenvalue weighted by atomic mass is 10.2. The van der Waals surface area contributed by atoms with Gasteiger partial charge in [0.05, 0.1) is 11.4 Å². The summed E-state index contributed by atoms with van der Waals surface area (Å²) in [5, 5.41) is 15.2. The quantitative estimate of drug-likeness (QED) is 0.470. The molecule has 0 aliphatic carbocycles. The molecule has 0 aliphatic rings. The van der Waals surface area contributed by atoms with Gasteiger partial charge in [-0.25, -0.2) is 0 Å². The van der Waals surface area contributed by atoms with Crippen LogP contribution in [0.25, 0.3) is 5.69 Å². The van der Waals surface area contributed by atoms with Crippen molar-refractivity contribution >= 4 is 35.1 Å². The van der Waals surface area contributed by atoms with Gasteiger partial charge in [-0.05, 0) is 47.0 Å². The second-order valence-corrected chi connectivity index (χ2v) is 7.18. The molecule has 134 valence electrons. The number of amides is 1. The Morgan fingerprint density at radius 1 is 1.23 bits per heavy atom. The van der Waals surface area contributed by atoms with Crippen LogP contribution in [0, 0.1) is 0 Å². The summed E-state index contributed by atoms with van der Waals surface area (Å²) in [6.07, 6.45) is 4.14. The Labute approximate surface area is 160 Å². The van der Waals surface area contributed by atoms with Gasteiger partial charge in [0.2, 0.25) is 11.1 Å². The average Bonchev–Trinajstić information content (AvgIpc) is 3.15. The number of nitrogens with one attached hydrogen (secondary N) is 1. The Morgan fingerprint density at radius 3 is 2.96 bits per heavy atom. The number of anilines is 1. The van der Waals surface area contributed by atoms with Gasteiger partial charge >= 0.3 is 0 Å². The first kappa shape index (κ1) is 18.4. The van der Waals surface area contributed by atoms with E-state index in [-0.39, 0.29) is 5.91 Å². The SMILES string of the molecule is CSc1nnnn1-c1cccc(NC(=O)CCSCc2ccccn2)c1. The van der Waals surface area contributed by atoms with Gasteiger partial charge in [-0.1, -0.05) is 23.9 Å². The van der Waals surface area contributed by atoms with Gasteiger partial charge in [0.25, 0.3) is 0 Å². The van der Waals surface area contributed by atoms with E-state index in [1.807, 2.05) is 48.7 Å². The van der Waals surface area contributed by atoms with Crippen LogP contribution in [-0.2, 0) is 10.5 Å². The Hall–Kier alpha value is -2.39. The Morgan fingerprint density at radius 2 is 2.15 bits per heavy atom. The van der Waals surface area contributed by atoms with Crippen LogP contribution in [0.15, 0.2) is 53.8 Å². The molecule has 2 heterocycles. The predicted octanol–water partition coefficient (Wildman–Crippen LogP) is 3.04. The molecule has 0 radical (unpaired) electrons. The molecule has 0 atom stereocenters. The van der Waals surface area contributed by atoms with Gasteiger partial charge in [0, 0.05) is 29.8 Å². The van der Waals surface area contributed by atoms with Crippen molar-refractivity contribution < 1.29 is 4.79 Å². The minimum atomic E-state index is -0.0162. The Balaban J connectivity index is 1.51. The monoisotopic (exact) mass is 386 g/mol. The minimum absolute atomic E-state index is 0.0162. The second kappa shape index (κ2) is 9.35. The highest BCUT2D eigenvalue weighted by atomic mass is 32.2. The fourth-order valence-corrected chi connectivity index (χ4v) is 3.52. The Kier molecular flexibility index (Phi) is 6.62. The molecule has 1 N–H and O–H groups in total. The van der Waals surface area contributed by atoms with Gasteiger partial charge < -0.3 is 5.32 Å². The number of benzene rings is 1. The zero-order valence-corrected chi connectivity index (χ0v) is 15.8. The van der Waals surface area contributed by atoms with E-state index in [2.05, 4.69) is 25.8 Å². The number of thioether (sulfide) groups is 2. The minimum Gasteiger partial charge on any atom is -0.326 e. The number of tetrazole rings is 1. The van der Waals surface area contributed by atoms with Crippen molar-refractivity contribution in [1.29, 1.82) is 0 Å². The molecule has 0 bridgehead atoms.